The molecular weight excluding hydrogens is 412 g/mol. The first-order valence-electron chi connectivity index (χ1n) is 9.98. The zero-order valence-corrected chi connectivity index (χ0v) is 19.3. The number of nitrogens with zero attached hydrogens (tertiary/aromatic N) is 3. The third-order valence-corrected chi connectivity index (χ3v) is 5.13. The molecule has 0 radical (unpaired) electrons. The van der Waals surface area contributed by atoms with Gasteiger partial charge in [0.05, 0.1) is 32.7 Å². The number of ether oxygens (including phenoxy) is 3. The molecule has 32 heavy (non-hydrogen) atoms. The number of benzene rings is 2. The molecule has 2 N–H and O–H groups in total. The summed E-state index contributed by atoms with van der Waals surface area (Å²) < 4.78 is 17.6. The van der Waals surface area contributed by atoms with Crippen molar-refractivity contribution in [2.75, 3.05) is 26.6 Å². The van der Waals surface area contributed by atoms with Crippen LogP contribution in [0.4, 0.5) is 5.69 Å². The van der Waals surface area contributed by atoms with Crippen LogP contribution in [0, 0.1) is 6.92 Å². The average Bonchev–Trinajstić information content (AvgIpc) is 3.14. The van der Waals surface area contributed by atoms with Crippen LogP contribution in [0.15, 0.2) is 30.3 Å². The standard InChI is InChI=1S/C23H28N4O5/c1-13-21(22(29)24-15-10-14(23(2,3)4)8-9-17(15)28)25-26-27(13)16-11-19(31-6)20(32-7)12-18(16)30-5/h8-12,28H,1-7H3,(H,24,29). The van der Waals surface area contributed by atoms with Crippen LogP contribution in [0.1, 0.15) is 42.5 Å². The molecule has 0 saturated heterocycles. The van der Waals surface area contributed by atoms with Crippen LogP contribution in [-0.2, 0) is 5.41 Å². The van der Waals surface area contributed by atoms with Crippen molar-refractivity contribution in [1.82, 2.24) is 15.0 Å². The van der Waals surface area contributed by atoms with E-state index in [4.69, 9.17) is 14.2 Å². The summed E-state index contributed by atoms with van der Waals surface area (Å²) in [6.45, 7) is 7.88. The number of nitrogens with one attached hydrogen (secondary N) is 1. The normalized spacial score (nSPS) is 11.2. The summed E-state index contributed by atoms with van der Waals surface area (Å²) in [6.07, 6.45) is 0. The van der Waals surface area contributed by atoms with E-state index < -0.39 is 5.91 Å². The number of aromatic hydroxyl groups is 1. The molecule has 9 nitrogen and oxygen atoms in total. The van der Waals surface area contributed by atoms with Gasteiger partial charge in [-0.15, -0.1) is 5.10 Å². The van der Waals surface area contributed by atoms with Crippen molar-refractivity contribution in [2.24, 2.45) is 0 Å². The first-order chi connectivity index (χ1) is 15.1. The van der Waals surface area contributed by atoms with Crippen LogP contribution in [0.25, 0.3) is 5.69 Å². The van der Waals surface area contributed by atoms with Crippen LogP contribution in [0.2, 0.25) is 0 Å². The Morgan fingerprint density at radius 3 is 2.22 bits per heavy atom. The molecule has 0 unspecified atom stereocenters. The van der Waals surface area contributed by atoms with Crippen molar-refractivity contribution in [3.8, 4) is 28.7 Å². The molecule has 1 aromatic heterocycles. The SMILES string of the molecule is COc1cc(OC)c(-n2nnc(C(=O)Nc3cc(C(C)(C)C)ccc3O)c2C)cc1OC. The molecule has 9 heteroatoms. The summed E-state index contributed by atoms with van der Waals surface area (Å²) in [7, 11) is 4.58. The predicted octanol–water partition coefficient (Wildman–Crippen LogP) is 3.86. The molecule has 0 bridgehead atoms. The van der Waals surface area contributed by atoms with Crippen molar-refractivity contribution in [2.45, 2.75) is 33.1 Å². The zero-order chi connectivity index (χ0) is 23.6. The van der Waals surface area contributed by atoms with Crippen LogP contribution < -0.4 is 19.5 Å². The highest BCUT2D eigenvalue weighted by molar-refractivity contribution is 6.04. The minimum Gasteiger partial charge on any atom is -0.506 e. The Morgan fingerprint density at radius 1 is 1.00 bits per heavy atom. The van der Waals surface area contributed by atoms with Gasteiger partial charge in [-0.25, -0.2) is 4.68 Å². The van der Waals surface area contributed by atoms with E-state index in [9.17, 15) is 9.90 Å². The minimum absolute atomic E-state index is 0.0297. The Bertz CT molecular complexity index is 1150. The Kier molecular flexibility index (Phi) is 6.29. The van der Waals surface area contributed by atoms with Gasteiger partial charge < -0.3 is 24.6 Å². The van der Waals surface area contributed by atoms with Gasteiger partial charge in [0.2, 0.25) is 0 Å². The second-order valence-electron chi connectivity index (χ2n) is 8.25. The molecule has 2 aromatic carbocycles. The zero-order valence-electron chi connectivity index (χ0n) is 19.3. The van der Waals surface area contributed by atoms with Gasteiger partial charge in [0.1, 0.15) is 17.2 Å². The number of anilines is 1. The van der Waals surface area contributed by atoms with E-state index >= 15 is 0 Å². The number of hydrogen-bond donors (Lipinski definition) is 2. The molecule has 0 aliphatic rings. The lowest BCUT2D eigenvalue weighted by molar-refractivity contribution is 0.102. The van der Waals surface area contributed by atoms with Crippen LogP contribution in [0.5, 0.6) is 23.0 Å². The molecule has 0 atom stereocenters. The fraction of sp³-hybridized carbons (Fsp3) is 0.348. The van der Waals surface area contributed by atoms with Crippen molar-refractivity contribution in [3.63, 3.8) is 0 Å². The lowest BCUT2D eigenvalue weighted by atomic mass is 9.87. The van der Waals surface area contributed by atoms with Crippen molar-refractivity contribution in [1.29, 1.82) is 0 Å². The highest BCUT2D eigenvalue weighted by Gasteiger charge is 2.23. The maximum Gasteiger partial charge on any atom is 0.278 e. The van der Waals surface area contributed by atoms with E-state index in [0.717, 1.165) is 5.56 Å². The van der Waals surface area contributed by atoms with E-state index in [-0.39, 0.29) is 16.9 Å². The number of phenols is 1. The van der Waals surface area contributed by atoms with Gasteiger partial charge in [-0.2, -0.15) is 0 Å². The third kappa shape index (κ3) is 4.32. The summed E-state index contributed by atoms with van der Waals surface area (Å²) in [5.74, 6) is 0.928. The Balaban J connectivity index is 1.98. The summed E-state index contributed by atoms with van der Waals surface area (Å²) in [4.78, 5) is 13.0. The number of hydrogen-bond acceptors (Lipinski definition) is 7. The molecule has 0 fully saturated rings. The van der Waals surface area contributed by atoms with Gasteiger partial charge in [0.25, 0.3) is 5.91 Å². The highest BCUT2D eigenvalue weighted by atomic mass is 16.5. The quantitative estimate of drug-likeness (QED) is 0.561. The van der Waals surface area contributed by atoms with Crippen LogP contribution >= 0.6 is 0 Å². The molecule has 0 spiro atoms. The largest absolute Gasteiger partial charge is 0.506 e. The molecule has 0 aliphatic carbocycles. The monoisotopic (exact) mass is 440 g/mol. The number of carbonyl (C=O) groups excluding carboxylic acids is 1. The number of methoxy groups -OCH3 is 3. The Hall–Kier alpha value is -3.75. The van der Waals surface area contributed by atoms with Gasteiger partial charge in [-0.05, 0) is 30.0 Å². The van der Waals surface area contributed by atoms with Crippen LogP contribution in [0.3, 0.4) is 0 Å². The van der Waals surface area contributed by atoms with Gasteiger partial charge in [-0.1, -0.05) is 32.1 Å². The van der Waals surface area contributed by atoms with Gasteiger partial charge >= 0.3 is 0 Å². The molecule has 3 aromatic rings. The molecular formula is C23H28N4O5. The van der Waals surface area contributed by atoms with E-state index in [1.165, 1.54) is 26.0 Å². The fourth-order valence-electron chi connectivity index (χ4n) is 3.23. The molecule has 1 amide bonds. The van der Waals surface area contributed by atoms with Gasteiger partial charge in [0, 0.05) is 12.1 Å². The topological polar surface area (TPSA) is 108 Å². The average molecular weight is 441 g/mol. The van der Waals surface area contributed by atoms with Gasteiger partial charge in [0.15, 0.2) is 17.2 Å². The van der Waals surface area contributed by atoms with E-state index in [1.54, 1.807) is 31.2 Å². The fourth-order valence-corrected chi connectivity index (χ4v) is 3.23. The third-order valence-electron chi connectivity index (χ3n) is 5.13. The maximum atomic E-state index is 13.0. The summed E-state index contributed by atoms with van der Waals surface area (Å²) in [5, 5.41) is 21.1. The van der Waals surface area contributed by atoms with Crippen LogP contribution in [-0.4, -0.2) is 47.3 Å². The number of phenolic OH excluding ortho intramolecular Hbond substituents is 1. The van der Waals surface area contributed by atoms with Gasteiger partial charge in [-0.3, -0.25) is 4.79 Å². The number of rotatable bonds is 6. The molecule has 1 heterocycles. The smallest absolute Gasteiger partial charge is 0.278 e. The van der Waals surface area contributed by atoms with E-state index in [1.807, 2.05) is 6.07 Å². The number of aromatic nitrogens is 3. The first-order valence-corrected chi connectivity index (χ1v) is 9.98. The second-order valence-corrected chi connectivity index (χ2v) is 8.25. The predicted molar refractivity (Wildman–Crippen MR) is 121 cm³/mol. The Morgan fingerprint density at radius 2 is 1.62 bits per heavy atom. The van der Waals surface area contributed by atoms with E-state index in [0.29, 0.717) is 34.3 Å². The van der Waals surface area contributed by atoms with Crippen molar-refractivity contribution < 1.29 is 24.1 Å². The summed E-state index contributed by atoms with van der Waals surface area (Å²) >= 11 is 0. The van der Waals surface area contributed by atoms with E-state index in [2.05, 4.69) is 36.4 Å². The molecule has 170 valence electrons. The summed E-state index contributed by atoms with van der Waals surface area (Å²) in [5.41, 5.74) is 2.27. The molecule has 0 aliphatic heterocycles. The second kappa shape index (κ2) is 8.78. The lowest BCUT2D eigenvalue weighted by Gasteiger charge is -2.20. The summed E-state index contributed by atoms with van der Waals surface area (Å²) in [6, 6.07) is 8.51. The van der Waals surface area contributed by atoms with Crippen molar-refractivity contribution >= 4 is 11.6 Å². The molecule has 0 saturated carbocycles. The Labute approximate surface area is 186 Å². The molecule has 3 rings (SSSR count). The highest BCUT2D eigenvalue weighted by Crippen LogP contribution is 2.37. The number of amides is 1. The maximum absolute atomic E-state index is 13.0. The lowest BCUT2D eigenvalue weighted by Crippen LogP contribution is -2.16. The van der Waals surface area contributed by atoms with Crippen molar-refractivity contribution in [3.05, 3.63) is 47.3 Å². The number of carbonyl (C=O) groups is 1. The first kappa shape index (κ1) is 22.9. The minimum atomic E-state index is -0.491.